The highest BCUT2D eigenvalue weighted by Gasteiger charge is 2.22. The van der Waals surface area contributed by atoms with Crippen LogP contribution in [0.15, 0.2) is 54.9 Å². The Morgan fingerprint density at radius 1 is 0.903 bits per heavy atom. The molecule has 1 aliphatic heterocycles. The first-order chi connectivity index (χ1) is 15.0. The third-order valence-corrected chi connectivity index (χ3v) is 5.53. The molecule has 2 amide bonds. The maximum absolute atomic E-state index is 12.5. The van der Waals surface area contributed by atoms with Crippen LogP contribution in [0.1, 0.15) is 21.7 Å². The molecule has 0 unspecified atom stereocenters. The fraction of sp³-hybridized carbons (Fsp3) is 0.304. The summed E-state index contributed by atoms with van der Waals surface area (Å²) >= 11 is 0. The third-order valence-electron chi connectivity index (χ3n) is 5.53. The minimum Gasteiger partial charge on any atom is -0.343 e. The van der Waals surface area contributed by atoms with Crippen LogP contribution in [-0.2, 0) is 4.79 Å². The van der Waals surface area contributed by atoms with Crippen molar-refractivity contribution in [3.63, 3.8) is 0 Å². The van der Waals surface area contributed by atoms with Crippen molar-refractivity contribution in [2.24, 2.45) is 0 Å². The highest BCUT2D eigenvalue weighted by molar-refractivity contribution is 5.96. The highest BCUT2D eigenvalue weighted by Crippen LogP contribution is 2.17. The number of benzene rings is 1. The van der Waals surface area contributed by atoms with Crippen LogP contribution in [0, 0.1) is 13.8 Å². The predicted molar refractivity (Wildman–Crippen MR) is 118 cm³/mol. The molecule has 0 radical (unpaired) electrons. The maximum Gasteiger partial charge on any atom is 0.251 e. The third kappa shape index (κ3) is 4.58. The number of nitrogens with zero attached hydrogens (tertiary/aromatic N) is 5. The topological polar surface area (TPSA) is 83.4 Å². The Morgan fingerprint density at radius 3 is 2.13 bits per heavy atom. The summed E-state index contributed by atoms with van der Waals surface area (Å²) in [5.41, 5.74) is 3.82. The second-order valence-corrected chi connectivity index (χ2v) is 7.60. The zero-order valence-electron chi connectivity index (χ0n) is 17.8. The van der Waals surface area contributed by atoms with E-state index in [2.05, 4.69) is 36.9 Å². The molecule has 0 saturated carbocycles. The van der Waals surface area contributed by atoms with Gasteiger partial charge in [-0.25, -0.2) is 9.97 Å². The minimum atomic E-state index is -0.253. The molecular formula is C23H26N6O2. The first kappa shape index (κ1) is 20.6. The highest BCUT2D eigenvalue weighted by atomic mass is 16.2. The van der Waals surface area contributed by atoms with Gasteiger partial charge < -0.3 is 19.7 Å². The molecule has 31 heavy (non-hydrogen) atoms. The number of amides is 2. The van der Waals surface area contributed by atoms with E-state index in [1.54, 1.807) is 35.5 Å². The molecule has 0 aliphatic carbocycles. The number of anilines is 1. The largest absolute Gasteiger partial charge is 0.343 e. The van der Waals surface area contributed by atoms with E-state index in [-0.39, 0.29) is 18.4 Å². The summed E-state index contributed by atoms with van der Waals surface area (Å²) in [4.78, 5) is 37.3. The summed E-state index contributed by atoms with van der Waals surface area (Å²) in [6.07, 6.45) is 3.42. The Labute approximate surface area is 181 Å². The zero-order valence-corrected chi connectivity index (χ0v) is 17.8. The van der Waals surface area contributed by atoms with E-state index >= 15 is 0 Å². The average molecular weight is 419 g/mol. The predicted octanol–water partition coefficient (Wildman–Crippen LogP) is 1.96. The summed E-state index contributed by atoms with van der Waals surface area (Å²) < 4.78 is 2.13. The molecule has 1 saturated heterocycles. The van der Waals surface area contributed by atoms with Gasteiger partial charge in [0.25, 0.3) is 5.91 Å². The molecule has 1 fully saturated rings. The van der Waals surface area contributed by atoms with E-state index in [1.807, 2.05) is 26.0 Å². The number of piperazine rings is 1. The summed E-state index contributed by atoms with van der Waals surface area (Å²) in [6, 6.07) is 13.3. The van der Waals surface area contributed by atoms with Crippen molar-refractivity contribution in [2.75, 3.05) is 37.6 Å². The van der Waals surface area contributed by atoms with E-state index in [0.29, 0.717) is 37.7 Å². The summed E-state index contributed by atoms with van der Waals surface area (Å²) in [5, 5.41) is 2.74. The monoisotopic (exact) mass is 418 g/mol. The van der Waals surface area contributed by atoms with Gasteiger partial charge in [0.2, 0.25) is 11.9 Å². The fourth-order valence-corrected chi connectivity index (χ4v) is 3.82. The Bertz CT molecular complexity index is 1030. The molecule has 0 bridgehead atoms. The molecule has 4 rings (SSSR count). The van der Waals surface area contributed by atoms with Gasteiger partial charge in [-0.3, -0.25) is 9.59 Å². The van der Waals surface area contributed by atoms with Crippen LogP contribution in [0.4, 0.5) is 5.95 Å². The van der Waals surface area contributed by atoms with Gasteiger partial charge in [-0.2, -0.15) is 0 Å². The van der Waals surface area contributed by atoms with E-state index in [9.17, 15) is 9.59 Å². The van der Waals surface area contributed by atoms with Gasteiger partial charge in [-0.1, -0.05) is 0 Å². The van der Waals surface area contributed by atoms with Crippen LogP contribution >= 0.6 is 0 Å². The van der Waals surface area contributed by atoms with Crippen LogP contribution < -0.4 is 10.2 Å². The van der Waals surface area contributed by atoms with Crippen molar-refractivity contribution in [2.45, 2.75) is 13.8 Å². The minimum absolute atomic E-state index is 0.0156. The van der Waals surface area contributed by atoms with Crippen molar-refractivity contribution >= 4 is 17.8 Å². The van der Waals surface area contributed by atoms with Gasteiger partial charge in [0, 0.05) is 61.2 Å². The van der Waals surface area contributed by atoms with Crippen molar-refractivity contribution < 1.29 is 9.59 Å². The van der Waals surface area contributed by atoms with Crippen LogP contribution in [0.5, 0.6) is 0 Å². The van der Waals surface area contributed by atoms with Crippen molar-refractivity contribution in [3.8, 4) is 5.69 Å². The molecule has 1 N–H and O–H groups in total. The standard InChI is InChI=1S/C23H26N6O2/c1-17-4-5-18(2)29(17)20-8-6-19(7-9-20)22(31)26-16-21(30)27-12-14-28(15-13-27)23-24-10-3-11-25-23/h3-11H,12-16H2,1-2H3,(H,26,31). The van der Waals surface area contributed by atoms with Crippen molar-refractivity contribution in [3.05, 3.63) is 71.8 Å². The quantitative estimate of drug-likeness (QED) is 0.685. The van der Waals surface area contributed by atoms with Gasteiger partial charge in [0.1, 0.15) is 0 Å². The van der Waals surface area contributed by atoms with E-state index in [0.717, 1.165) is 17.1 Å². The molecule has 160 valence electrons. The van der Waals surface area contributed by atoms with Gasteiger partial charge in [-0.15, -0.1) is 0 Å². The summed E-state index contributed by atoms with van der Waals surface area (Å²) in [5.74, 6) is 0.339. The number of carbonyl (C=O) groups excluding carboxylic acids is 2. The summed E-state index contributed by atoms with van der Waals surface area (Å²) in [6.45, 7) is 6.58. The number of hydrogen-bond donors (Lipinski definition) is 1. The number of nitrogens with one attached hydrogen (secondary N) is 1. The Balaban J connectivity index is 1.28. The lowest BCUT2D eigenvalue weighted by Gasteiger charge is -2.34. The first-order valence-electron chi connectivity index (χ1n) is 10.4. The molecule has 3 aromatic rings. The number of carbonyl (C=O) groups is 2. The lowest BCUT2D eigenvalue weighted by atomic mass is 10.2. The molecule has 0 spiro atoms. The second kappa shape index (κ2) is 8.99. The SMILES string of the molecule is Cc1ccc(C)n1-c1ccc(C(=O)NCC(=O)N2CCN(c3ncccn3)CC2)cc1. The fourth-order valence-electron chi connectivity index (χ4n) is 3.82. The van der Waals surface area contributed by atoms with Crippen LogP contribution in [0.2, 0.25) is 0 Å². The second-order valence-electron chi connectivity index (χ2n) is 7.60. The van der Waals surface area contributed by atoms with E-state index in [4.69, 9.17) is 0 Å². The lowest BCUT2D eigenvalue weighted by Crippen LogP contribution is -2.51. The summed E-state index contributed by atoms with van der Waals surface area (Å²) in [7, 11) is 0. The maximum atomic E-state index is 12.5. The first-order valence-corrected chi connectivity index (χ1v) is 10.4. The Kier molecular flexibility index (Phi) is 5.97. The van der Waals surface area contributed by atoms with Gasteiger partial charge in [0.15, 0.2) is 0 Å². The lowest BCUT2D eigenvalue weighted by molar-refractivity contribution is -0.130. The van der Waals surface area contributed by atoms with Crippen LogP contribution in [0.3, 0.4) is 0 Å². The number of aromatic nitrogens is 3. The van der Waals surface area contributed by atoms with Gasteiger partial charge in [-0.05, 0) is 56.3 Å². The number of aryl methyl sites for hydroxylation is 2. The van der Waals surface area contributed by atoms with Gasteiger partial charge >= 0.3 is 0 Å². The smallest absolute Gasteiger partial charge is 0.251 e. The average Bonchev–Trinajstić information content (AvgIpc) is 3.16. The molecule has 1 aliphatic rings. The van der Waals surface area contributed by atoms with Crippen LogP contribution in [0.25, 0.3) is 5.69 Å². The number of rotatable bonds is 5. The van der Waals surface area contributed by atoms with Gasteiger partial charge in [0.05, 0.1) is 6.54 Å². The molecule has 8 nitrogen and oxygen atoms in total. The molecule has 1 aromatic carbocycles. The van der Waals surface area contributed by atoms with Crippen molar-refractivity contribution in [1.82, 2.24) is 24.8 Å². The van der Waals surface area contributed by atoms with E-state index in [1.165, 1.54) is 0 Å². The molecule has 3 heterocycles. The molecule has 0 atom stereocenters. The normalized spacial score (nSPS) is 13.9. The Morgan fingerprint density at radius 2 is 1.52 bits per heavy atom. The Hall–Kier alpha value is -3.68. The zero-order chi connectivity index (χ0) is 21.8. The molecule has 8 heteroatoms. The van der Waals surface area contributed by atoms with Crippen molar-refractivity contribution in [1.29, 1.82) is 0 Å². The molecular weight excluding hydrogens is 392 g/mol. The number of hydrogen-bond acceptors (Lipinski definition) is 5. The van der Waals surface area contributed by atoms with E-state index < -0.39 is 0 Å². The van der Waals surface area contributed by atoms with Crippen LogP contribution in [-0.4, -0.2) is 64.0 Å². The molecule has 2 aromatic heterocycles.